The van der Waals surface area contributed by atoms with Gasteiger partial charge in [0.1, 0.15) is 0 Å². The summed E-state index contributed by atoms with van der Waals surface area (Å²) in [6.07, 6.45) is 38.3. The average Bonchev–Trinajstić information content (AvgIpc) is 2.92. The van der Waals surface area contributed by atoms with Gasteiger partial charge in [-0.3, -0.25) is 9.59 Å². The van der Waals surface area contributed by atoms with Crippen molar-refractivity contribution in [3.8, 4) is 0 Å². The number of carbonyl (C=O) groups is 2. The monoisotopic (exact) mass is 535 g/mol. The summed E-state index contributed by atoms with van der Waals surface area (Å²) in [6, 6.07) is 0. The summed E-state index contributed by atoms with van der Waals surface area (Å²) in [5.41, 5.74) is 0. The van der Waals surface area contributed by atoms with Crippen molar-refractivity contribution in [3.05, 3.63) is 12.4 Å². The quantitative estimate of drug-likeness (QED) is 0.0900. The van der Waals surface area contributed by atoms with Gasteiger partial charge in [-0.15, -0.1) is 0 Å². The van der Waals surface area contributed by atoms with Crippen molar-refractivity contribution in [2.24, 2.45) is 0 Å². The lowest BCUT2D eigenvalue weighted by atomic mass is 10.0. The second kappa shape index (κ2) is 31.9. The summed E-state index contributed by atoms with van der Waals surface area (Å²) in [5, 5.41) is 5.53. The van der Waals surface area contributed by atoms with Crippen LogP contribution in [0.2, 0.25) is 0 Å². The number of nitrogens with one attached hydrogen (secondary N) is 2. The van der Waals surface area contributed by atoms with E-state index in [1.54, 1.807) is 12.4 Å². The van der Waals surface area contributed by atoms with Crippen molar-refractivity contribution in [2.45, 2.75) is 194 Å². The Hall–Kier alpha value is -1.32. The molecule has 0 rings (SSSR count). The molecule has 4 nitrogen and oxygen atoms in total. The molecule has 0 aliphatic rings. The third-order valence-corrected chi connectivity index (χ3v) is 7.59. The van der Waals surface area contributed by atoms with Gasteiger partial charge in [0.2, 0.25) is 11.8 Å². The van der Waals surface area contributed by atoms with Crippen molar-refractivity contribution in [2.75, 3.05) is 0 Å². The zero-order chi connectivity index (χ0) is 27.8. The maximum Gasteiger partial charge on any atom is 0.223 e. The van der Waals surface area contributed by atoms with E-state index in [2.05, 4.69) is 24.5 Å². The molecule has 0 radical (unpaired) electrons. The van der Waals surface area contributed by atoms with Crippen LogP contribution in [0.4, 0.5) is 0 Å². The molecule has 0 aliphatic carbocycles. The Balaban J connectivity index is 3.35. The molecule has 2 amide bonds. The standard InChI is InChI=1S/C34H66N2O2/c1-3-5-7-9-11-13-15-17-19-21-23-25-27-29-33(37)35-31-32-36-34(38)30-28-26-24-22-20-18-16-14-12-10-8-6-4-2/h31-32H,3-30H2,1-2H3,(H,35,37)(H,36,38)/b32-31+. The van der Waals surface area contributed by atoms with Crippen LogP contribution in [-0.2, 0) is 9.59 Å². The number of amides is 2. The van der Waals surface area contributed by atoms with Crippen molar-refractivity contribution < 1.29 is 9.59 Å². The minimum absolute atomic E-state index is 0.0371. The molecule has 0 bridgehead atoms. The first kappa shape index (κ1) is 36.7. The first-order chi connectivity index (χ1) is 18.7. The minimum atomic E-state index is 0.0371. The lowest BCUT2D eigenvalue weighted by Crippen LogP contribution is -2.20. The Morgan fingerprint density at radius 3 is 0.816 bits per heavy atom. The molecule has 0 saturated heterocycles. The third-order valence-electron chi connectivity index (χ3n) is 7.59. The molecular weight excluding hydrogens is 468 g/mol. The van der Waals surface area contributed by atoms with Gasteiger partial charge in [0.05, 0.1) is 0 Å². The smallest absolute Gasteiger partial charge is 0.223 e. The number of hydrogen-bond acceptors (Lipinski definition) is 2. The summed E-state index contributed by atoms with van der Waals surface area (Å²) in [6.45, 7) is 4.54. The molecule has 38 heavy (non-hydrogen) atoms. The van der Waals surface area contributed by atoms with Gasteiger partial charge < -0.3 is 10.6 Å². The summed E-state index contributed by atoms with van der Waals surface area (Å²) in [7, 11) is 0. The van der Waals surface area contributed by atoms with Crippen molar-refractivity contribution in [1.82, 2.24) is 10.6 Å². The Bertz CT molecular complexity index is 487. The topological polar surface area (TPSA) is 58.2 Å². The summed E-state index contributed by atoms with van der Waals surface area (Å²) in [4.78, 5) is 23.8. The van der Waals surface area contributed by atoms with Gasteiger partial charge in [-0.2, -0.15) is 0 Å². The van der Waals surface area contributed by atoms with Gasteiger partial charge in [-0.05, 0) is 12.8 Å². The Morgan fingerprint density at radius 1 is 0.368 bits per heavy atom. The SMILES string of the molecule is CCCCCCCCCCCCCCCC(=O)N/C=C/NC(=O)CCCCCCCCCCCCCCC. The molecule has 4 heteroatoms. The van der Waals surface area contributed by atoms with Crippen LogP contribution in [0.15, 0.2) is 12.4 Å². The fourth-order valence-electron chi connectivity index (χ4n) is 5.02. The molecule has 0 unspecified atom stereocenters. The maximum atomic E-state index is 11.9. The van der Waals surface area contributed by atoms with Crippen LogP contribution in [-0.4, -0.2) is 11.8 Å². The van der Waals surface area contributed by atoms with E-state index in [0.717, 1.165) is 25.7 Å². The van der Waals surface area contributed by atoms with Crippen LogP contribution >= 0.6 is 0 Å². The minimum Gasteiger partial charge on any atom is -0.331 e. The molecule has 224 valence electrons. The number of carbonyl (C=O) groups excluding carboxylic acids is 2. The van der Waals surface area contributed by atoms with Crippen LogP contribution in [0.25, 0.3) is 0 Å². The largest absolute Gasteiger partial charge is 0.331 e. The van der Waals surface area contributed by atoms with Crippen LogP contribution in [0.1, 0.15) is 194 Å². The lowest BCUT2D eigenvalue weighted by molar-refractivity contribution is -0.121. The zero-order valence-electron chi connectivity index (χ0n) is 25.8. The van der Waals surface area contributed by atoms with Gasteiger partial charge in [0.25, 0.3) is 0 Å². The first-order valence-corrected chi connectivity index (χ1v) is 16.9. The fourth-order valence-corrected chi connectivity index (χ4v) is 5.02. The van der Waals surface area contributed by atoms with Crippen LogP contribution < -0.4 is 10.6 Å². The van der Waals surface area contributed by atoms with E-state index in [4.69, 9.17) is 0 Å². The molecule has 0 spiro atoms. The molecule has 0 heterocycles. The average molecular weight is 535 g/mol. The maximum absolute atomic E-state index is 11.9. The van der Waals surface area contributed by atoms with E-state index in [1.165, 1.54) is 141 Å². The molecule has 0 atom stereocenters. The van der Waals surface area contributed by atoms with Crippen molar-refractivity contribution in [3.63, 3.8) is 0 Å². The molecule has 0 aromatic rings. The summed E-state index contributed by atoms with van der Waals surface area (Å²) >= 11 is 0. The molecule has 2 N–H and O–H groups in total. The van der Waals surface area contributed by atoms with E-state index in [9.17, 15) is 9.59 Å². The second-order valence-corrected chi connectivity index (χ2v) is 11.5. The van der Waals surface area contributed by atoms with Gasteiger partial charge >= 0.3 is 0 Å². The highest BCUT2D eigenvalue weighted by Gasteiger charge is 2.01. The molecule has 0 aromatic carbocycles. The lowest BCUT2D eigenvalue weighted by Gasteiger charge is -2.04. The van der Waals surface area contributed by atoms with E-state index in [0.29, 0.717) is 12.8 Å². The highest BCUT2D eigenvalue weighted by Crippen LogP contribution is 2.14. The first-order valence-electron chi connectivity index (χ1n) is 16.9. The Kier molecular flexibility index (Phi) is 30.8. The summed E-state index contributed by atoms with van der Waals surface area (Å²) in [5.74, 6) is 0.0742. The highest BCUT2D eigenvalue weighted by atomic mass is 16.2. The Labute approximate surface area is 238 Å². The second-order valence-electron chi connectivity index (χ2n) is 11.5. The van der Waals surface area contributed by atoms with Gasteiger partial charge in [-0.1, -0.05) is 168 Å². The summed E-state index contributed by atoms with van der Waals surface area (Å²) < 4.78 is 0. The van der Waals surface area contributed by atoms with E-state index in [-0.39, 0.29) is 11.8 Å². The Morgan fingerprint density at radius 2 is 0.579 bits per heavy atom. The van der Waals surface area contributed by atoms with Crippen LogP contribution in [0.5, 0.6) is 0 Å². The molecule has 0 aromatic heterocycles. The zero-order valence-corrected chi connectivity index (χ0v) is 25.8. The predicted molar refractivity (Wildman–Crippen MR) is 166 cm³/mol. The third kappa shape index (κ3) is 30.9. The molecule has 0 saturated carbocycles. The number of unbranched alkanes of at least 4 members (excludes halogenated alkanes) is 24. The van der Waals surface area contributed by atoms with Crippen molar-refractivity contribution in [1.29, 1.82) is 0 Å². The molecule has 0 fully saturated rings. The van der Waals surface area contributed by atoms with Gasteiger partial charge in [0.15, 0.2) is 0 Å². The van der Waals surface area contributed by atoms with Crippen LogP contribution in [0, 0.1) is 0 Å². The van der Waals surface area contributed by atoms with Crippen molar-refractivity contribution >= 4 is 11.8 Å². The normalized spacial score (nSPS) is 11.3. The fraction of sp³-hybridized carbons (Fsp3) is 0.882. The van der Waals surface area contributed by atoms with E-state index >= 15 is 0 Å². The van der Waals surface area contributed by atoms with Crippen LogP contribution in [0.3, 0.4) is 0 Å². The number of rotatable bonds is 30. The van der Waals surface area contributed by atoms with Gasteiger partial charge in [0, 0.05) is 25.2 Å². The van der Waals surface area contributed by atoms with E-state index < -0.39 is 0 Å². The molecule has 0 aliphatic heterocycles. The number of hydrogen-bond donors (Lipinski definition) is 2. The van der Waals surface area contributed by atoms with Gasteiger partial charge in [-0.25, -0.2) is 0 Å². The molecular formula is C34H66N2O2. The van der Waals surface area contributed by atoms with E-state index in [1.807, 2.05) is 0 Å². The predicted octanol–water partition coefficient (Wildman–Crippen LogP) is 10.7. The highest BCUT2D eigenvalue weighted by molar-refractivity contribution is 5.78.